The highest BCUT2D eigenvalue weighted by molar-refractivity contribution is 8.27. The SMILES string of the molecule is COc1ccc(N2C(=O)/C(=C\c3ccc(-c4ccc([N+](=O)[O-])cc4)o3)SC2=S)c(OC)c1. The Bertz CT molecular complexity index is 1250. The van der Waals surface area contributed by atoms with E-state index in [1.54, 1.807) is 55.7 Å². The summed E-state index contributed by atoms with van der Waals surface area (Å²) >= 11 is 6.59. The number of benzene rings is 2. The second-order valence-corrected chi connectivity index (χ2v) is 8.24. The quantitative estimate of drug-likeness (QED) is 0.209. The molecule has 0 unspecified atom stereocenters. The lowest BCUT2D eigenvalue weighted by Crippen LogP contribution is -2.27. The van der Waals surface area contributed by atoms with Crippen molar-refractivity contribution >= 4 is 51.7 Å². The first-order chi connectivity index (χ1) is 15.4. The van der Waals surface area contributed by atoms with Gasteiger partial charge >= 0.3 is 0 Å². The molecular formula is C22H16N2O6S2. The van der Waals surface area contributed by atoms with Gasteiger partial charge in [-0.1, -0.05) is 24.0 Å². The zero-order valence-electron chi connectivity index (χ0n) is 16.9. The number of anilines is 1. The summed E-state index contributed by atoms with van der Waals surface area (Å²) in [6.45, 7) is 0. The molecule has 0 saturated carbocycles. The number of methoxy groups -OCH3 is 2. The van der Waals surface area contributed by atoms with Gasteiger partial charge < -0.3 is 13.9 Å². The van der Waals surface area contributed by atoms with Gasteiger partial charge in [-0.3, -0.25) is 19.8 Å². The lowest BCUT2D eigenvalue weighted by Gasteiger charge is -2.18. The molecule has 0 spiro atoms. The van der Waals surface area contributed by atoms with Crippen molar-refractivity contribution in [2.75, 3.05) is 19.1 Å². The van der Waals surface area contributed by atoms with Gasteiger partial charge in [0.05, 0.1) is 29.7 Å². The Morgan fingerprint density at radius 3 is 2.50 bits per heavy atom. The lowest BCUT2D eigenvalue weighted by molar-refractivity contribution is -0.384. The maximum Gasteiger partial charge on any atom is 0.271 e. The van der Waals surface area contributed by atoms with E-state index in [9.17, 15) is 14.9 Å². The van der Waals surface area contributed by atoms with Crippen molar-refractivity contribution in [3.8, 4) is 22.8 Å². The van der Waals surface area contributed by atoms with E-state index in [1.807, 2.05) is 0 Å². The van der Waals surface area contributed by atoms with E-state index in [4.69, 9.17) is 26.1 Å². The highest BCUT2D eigenvalue weighted by Crippen LogP contribution is 2.41. The molecule has 10 heteroatoms. The highest BCUT2D eigenvalue weighted by atomic mass is 32.2. The smallest absolute Gasteiger partial charge is 0.271 e. The van der Waals surface area contributed by atoms with Crippen LogP contribution in [0.25, 0.3) is 17.4 Å². The zero-order chi connectivity index (χ0) is 22.8. The van der Waals surface area contributed by atoms with Crippen LogP contribution < -0.4 is 14.4 Å². The molecular weight excluding hydrogens is 452 g/mol. The Kier molecular flexibility index (Phi) is 5.97. The fourth-order valence-electron chi connectivity index (χ4n) is 3.11. The largest absolute Gasteiger partial charge is 0.497 e. The van der Waals surface area contributed by atoms with Crippen molar-refractivity contribution in [1.82, 2.24) is 0 Å². The normalized spacial score (nSPS) is 14.8. The van der Waals surface area contributed by atoms with E-state index in [0.717, 1.165) is 11.8 Å². The van der Waals surface area contributed by atoms with E-state index >= 15 is 0 Å². The summed E-state index contributed by atoms with van der Waals surface area (Å²) in [5.41, 5.74) is 1.20. The van der Waals surface area contributed by atoms with Crippen LogP contribution in [-0.4, -0.2) is 29.4 Å². The minimum absolute atomic E-state index is 0.00170. The maximum absolute atomic E-state index is 13.1. The Labute approximate surface area is 192 Å². The first-order valence-corrected chi connectivity index (χ1v) is 10.5. The Hall–Kier alpha value is -3.63. The third-order valence-electron chi connectivity index (χ3n) is 4.68. The molecule has 32 heavy (non-hydrogen) atoms. The second kappa shape index (κ2) is 8.85. The van der Waals surface area contributed by atoms with Crippen molar-refractivity contribution in [1.29, 1.82) is 0 Å². The molecule has 0 N–H and O–H groups in total. The van der Waals surface area contributed by atoms with Crippen LogP contribution in [0.5, 0.6) is 11.5 Å². The van der Waals surface area contributed by atoms with Crippen LogP contribution >= 0.6 is 24.0 Å². The fraction of sp³-hybridized carbons (Fsp3) is 0.0909. The maximum atomic E-state index is 13.1. The van der Waals surface area contributed by atoms with Crippen LogP contribution in [0, 0.1) is 10.1 Å². The monoisotopic (exact) mass is 468 g/mol. The average Bonchev–Trinajstić information content (AvgIpc) is 3.37. The standard InChI is InChI=1S/C22H16N2O6S2/c1-28-15-7-9-17(19(11-15)29-2)23-21(25)20(32-22(23)31)12-16-8-10-18(30-16)13-3-5-14(6-4-13)24(26)27/h3-12H,1-2H3/b20-12+. The Balaban J connectivity index is 1.59. The van der Waals surface area contributed by atoms with Crippen LogP contribution in [0.3, 0.4) is 0 Å². The number of furan rings is 1. The van der Waals surface area contributed by atoms with Gasteiger partial charge in [-0.15, -0.1) is 0 Å². The van der Waals surface area contributed by atoms with Crippen molar-refractivity contribution in [2.24, 2.45) is 0 Å². The zero-order valence-corrected chi connectivity index (χ0v) is 18.6. The molecule has 1 saturated heterocycles. The molecule has 1 aliphatic heterocycles. The molecule has 2 heterocycles. The van der Waals surface area contributed by atoms with Gasteiger partial charge in [0.15, 0.2) is 4.32 Å². The molecule has 4 rings (SSSR count). The topological polar surface area (TPSA) is 95.0 Å². The van der Waals surface area contributed by atoms with Gasteiger partial charge in [0.1, 0.15) is 23.0 Å². The van der Waals surface area contributed by atoms with E-state index < -0.39 is 4.92 Å². The summed E-state index contributed by atoms with van der Waals surface area (Å²) in [5, 5.41) is 10.8. The highest BCUT2D eigenvalue weighted by Gasteiger charge is 2.35. The summed E-state index contributed by atoms with van der Waals surface area (Å²) in [4.78, 5) is 25.2. The number of nitro benzene ring substituents is 1. The molecule has 8 nitrogen and oxygen atoms in total. The van der Waals surface area contributed by atoms with Gasteiger partial charge in [-0.25, -0.2) is 0 Å². The summed E-state index contributed by atoms with van der Waals surface area (Å²) in [5.74, 6) is 1.75. The molecule has 1 fully saturated rings. The molecule has 1 amide bonds. The van der Waals surface area contributed by atoms with Crippen LogP contribution in [0.4, 0.5) is 11.4 Å². The summed E-state index contributed by atoms with van der Waals surface area (Å²) in [6.07, 6.45) is 1.62. The predicted molar refractivity (Wildman–Crippen MR) is 126 cm³/mol. The molecule has 0 bridgehead atoms. The third kappa shape index (κ3) is 4.10. The molecule has 1 aromatic heterocycles. The van der Waals surface area contributed by atoms with Gasteiger partial charge in [0.25, 0.3) is 11.6 Å². The van der Waals surface area contributed by atoms with Crippen molar-refractivity contribution < 1.29 is 23.6 Å². The van der Waals surface area contributed by atoms with Gasteiger partial charge in [-0.2, -0.15) is 0 Å². The number of ether oxygens (including phenoxy) is 2. The molecule has 1 aliphatic rings. The van der Waals surface area contributed by atoms with Crippen molar-refractivity contribution in [2.45, 2.75) is 0 Å². The number of thiocarbonyl (C=S) groups is 1. The Morgan fingerprint density at radius 2 is 1.84 bits per heavy atom. The minimum atomic E-state index is -0.461. The lowest BCUT2D eigenvalue weighted by atomic mass is 10.1. The summed E-state index contributed by atoms with van der Waals surface area (Å²) in [6, 6.07) is 14.6. The second-order valence-electron chi connectivity index (χ2n) is 6.56. The van der Waals surface area contributed by atoms with Gasteiger partial charge in [-0.05, 0) is 36.4 Å². The number of nitro groups is 1. The molecule has 3 aromatic rings. The van der Waals surface area contributed by atoms with E-state index in [-0.39, 0.29) is 11.6 Å². The number of nitrogens with zero attached hydrogens (tertiary/aromatic N) is 2. The third-order valence-corrected chi connectivity index (χ3v) is 5.99. The first-order valence-electron chi connectivity index (χ1n) is 9.26. The molecule has 0 atom stereocenters. The van der Waals surface area contributed by atoms with Crippen LogP contribution in [0.2, 0.25) is 0 Å². The number of carbonyl (C=O) groups is 1. The fourth-order valence-corrected chi connectivity index (χ4v) is 4.37. The molecule has 162 valence electrons. The molecule has 2 aromatic carbocycles. The number of thioether (sulfide) groups is 1. The van der Waals surface area contributed by atoms with E-state index in [2.05, 4.69) is 0 Å². The van der Waals surface area contributed by atoms with Gasteiger partial charge in [0.2, 0.25) is 0 Å². The minimum Gasteiger partial charge on any atom is -0.497 e. The van der Waals surface area contributed by atoms with Crippen molar-refractivity contribution in [3.05, 3.63) is 75.4 Å². The van der Waals surface area contributed by atoms with Crippen LogP contribution in [0.1, 0.15) is 5.76 Å². The number of rotatable bonds is 6. The van der Waals surface area contributed by atoms with E-state index in [0.29, 0.717) is 43.5 Å². The van der Waals surface area contributed by atoms with Crippen LogP contribution in [-0.2, 0) is 4.79 Å². The van der Waals surface area contributed by atoms with Gasteiger partial charge in [0, 0.05) is 29.8 Å². The number of hydrogen-bond donors (Lipinski definition) is 0. The molecule has 0 radical (unpaired) electrons. The summed E-state index contributed by atoms with van der Waals surface area (Å²) in [7, 11) is 3.05. The predicted octanol–water partition coefficient (Wildman–Crippen LogP) is 5.28. The number of hydrogen-bond acceptors (Lipinski definition) is 8. The number of amides is 1. The van der Waals surface area contributed by atoms with E-state index in [1.165, 1.54) is 24.1 Å². The Morgan fingerprint density at radius 1 is 1.09 bits per heavy atom. The first kappa shape index (κ1) is 21.6. The van der Waals surface area contributed by atoms with Crippen LogP contribution in [0.15, 0.2) is 63.9 Å². The molecule has 0 aliphatic carbocycles. The summed E-state index contributed by atoms with van der Waals surface area (Å²) < 4.78 is 16.8. The average molecular weight is 469 g/mol. The number of non-ortho nitro benzene ring substituents is 1. The van der Waals surface area contributed by atoms with Crippen molar-refractivity contribution in [3.63, 3.8) is 0 Å². The number of carbonyl (C=O) groups excluding carboxylic acids is 1.